The summed E-state index contributed by atoms with van der Waals surface area (Å²) in [5, 5.41) is 9.17. The molecule has 0 bridgehead atoms. The normalized spacial score (nSPS) is 11.4. The molecule has 95 valence electrons. The van der Waals surface area contributed by atoms with Crippen molar-refractivity contribution >= 4 is 0 Å². The van der Waals surface area contributed by atoms with Crippen LogP contribution in [0.25, 0.3) is 0 Å². The van der Waals surface area contributed by atoms with E-state index in [-0.39, 0.29) is 23.2 Å². The predicted molar refractivity (Wildman–Crippen MR) is 49.7 cm³/mol. The lowest BCUT2D eigenvalue weighted by atomic mass is 10.1. The van der Waals surface area contributed by atoms with E-state index in [2.05, 4.69) is 9.47 Å². The Morgan fingerprint density at radius 1 is 1.00 bits per heavy atom. The van der Waals surface area contributed by atoms with E-state index in [1.807, 2.05) is 0 Å². The minimum atomic E-state index is -3.09. The molecule has 0 aliphatic carbocycles. The Hall–Kier alpha value is -1.50. The first kappa shape index (κ1) is 13.6. The molecule has 0 atom stereocenters. The van der Waals surface area contributed by atoms with Gasteiger partial charge in [0.1, 0.15) is 17.6 Å². The molecule has 1 radical (unpaired) electrons. The lowest BCUT2D eigenvalue weighted by Gasteiger charge is -2.12. The largest absolute Gasteiger partial charge is 0.435 e. The van der Waals surface area contributed by atoms with Gasteiger partial charge in [-0.2, -0.15) is 17.6 Å². The molecular weight excluding hydrogens is 244 g/mol. The van der Waals surface area contributed by atoms with Crippen molar-refractivity contribution in [1.82, 2.24) is 0 Å². The molecule has 0 heterocycles. The van der Waals surface area contributed by atoms with E-state index < -0.39 is 13.2 Å². The standard InChI is InChI=1S/C10H9F4O3/c1-5(15)6-2-7(16-9(11)12)4-8(3-6)17-10(13)14/h2-4,9-10,15H,1H3. The second-order valence-electron chi connectivity index (χ2n) is 3.04. The zero-order valence-electron chi connectivity index (χ0n) is 8.66. The Morgan fingerprint density at radius 2 is 1.41 bits per heavy atom. The topological polar surface area (TPSA) is 38.7 Å². The second kappa shape index (κ2) is 5.72. The highest BCUT2D eigenvalue weighted by Gasteiger charge is 2.13. The molecule has 0 aliphatic heterocycles. The molecule has 1 rings (SSSR count). The summed E-state index contributed by atoms with van der Waals surface area (Å²) in [5.74, 6) is -0.747. The van der Waals surface area contributed by atoms with E-state index in [1.165, 1.54) is 6.92 Å². The van der Waals surface area contributed by atoms with Crippen LogP contribution in [0.5, 0.6) is 11.5 Å². The molecule has 1 aromatic carbocycles. The fraction of sp³-hybridized carbons (Fsp3) is 0.300. The van der Waals surface area contributed by atoms with E-state index in [9.17, 15) is 22.7 Å². The summed E-state index contributed by atoms with van der Waals surface area (Å²) in [6, 6.07) is 3.05. The van der Waals surface area contributed by atoms with Crippen LogP contribution in [-0.4, -0.2) is 18.3 Å². The number of aliphatic hydroxyl groups excluding tert-OH is 1. The lowest BCUT2D eigenvalue weighted by Crippen LogP contribution is -2.06. The van der Waals surface area contributed by atoms with Crippen molar-refractivity contribution in [3.05, 3.63) is 29.9 Å². The molecule has 0 spiro atoms. The minimum absolute atomic E-state index is 0.0544. The molecule has 0 amide bonds. The molecule has 0 saturated heterocycles. The molecular formula is C10H9F4O3. The maximum absolute atomic E-state index is 12.0. The van der Waals surface area contributed by atoms with Crippen LogP contribution < -0.4 is 9.47 Å². The monoisotopic (exact) mass is 253 g/mol. The SMILES string of the molecule is C[C](O)c1cc(OC(F)F)cc(OC(F)F)c1. The van der Waals surface area contributed by atoms with Crippen LogP contribution >= 0.6 is 0 Å². The maximum Gasteiger partial charge on any atom is 0.387 e. The summed E-state index contributed by atoms with van der Waals surface area (Å²) in [4.78, 5) is 0. The number of alkyl halides is 4. The zero-order valence-corrected chi connectivity index (χ0v) is 8.66. The first-order chi connectivity index (χ1) is 7.88. The van der Waals surface area contributed by atoms with Gasteiger partial charge in [-0.1, -0.05) is 0 Å². The van der Waals surface area contributed by atoms with Crippen molar-refractivity contribution in [2.24, 2.45) is 0 Å². The number of aliphatic hydroxyl groups is 1. The van der Waals surface area contributed by atoms with Gasteiger partial charge in [0.15, 0.2) is 0 Å². The number of ether oxygens (including phenoxy) is 2. The molecule has 0 aliphatic rings. The van der Waals surface area contributed by atoms with Crippen LogP contribution in [0, 0.1) is 6.10 Å². The van der Waals surface area contributed by atoms with E-state index in [1.54, 1.807) is 0 Å². The molecule has 0 fully saturated rings. The Morgan fingerprint density at radius 3 is 1.71 bits per heavy atom. The first-order valence-corrected chi connectivity index (χ1v) is 4.46. The molecule has 0 saturated carbocycles. The van der Waals surface area contributed by atoms with Crippen molar-refractivity contribution in [2.45, 2.75) is 20.1 Å². The van der Waals surface area contributed by atoms with Gasteiger partial charge < -0.3 is 14.6 Å². The molecule has 7 heteroatoms. The van der Waals surface area contributed by atoms with Gasteiger partial charge in [-0.15, -0.1) is 0 Å². The van der Waals surface area contributed by atoms with Crippen molar-refractivity contribution in [3.8, 4) is 11.5 Å². The lowest BCUT2D eigenvalue weighted by molar-refractivity contribution is -0.0543. The highest BCUT2D eigenvalue weighted by Crippen LogP contribution is 2.28. The van der Waals surface area contributed by atoms with Crippen LogP contribution in [0.2, 0.25) is 0 Å². The van der Waals surface area contributed by atoms with Crippen LogP contribution in [0.15, 0.2) is 18.2 Å². The van der Waals surface area contributed by atoms with E-state index in [0.717, 1.165) is 18.2 Å². The van der Waals surface area contributed by atoms with Gasteiger partial charge in [0, 0.05) is 6.07 Å². The summed E-state index contributed by atoms with van der Waals surface area (Å²) in [6.45, 7) is -4.92. The average Bonchev–Trinajstić information content (AvgIpc) is 2.14. The number of halogens is 4. The smallest absolute Gasteiger partial charge is 0.387 e. The Bertz CT molecular complexity index is 340. The van der Waals surface area contributed by atoms with E-state index in [0.29, 0.717) is 0 Å². The van der Waals surface area contributed by atoms with Crippen molar-refractivity contribution in [1.29, 1.82) is 0 Å². The third kappa shape index (κ3) is 4.48. The highest BCUT2D eigenvalue weighted by atomic mass is 19.3. The molecule has 3 nitrogen and oxygen atoms in total. The number of rotatable bonds is 5. The number of hydrogen-bond acceptors (Lipinski definition) is 3. The van der Waals surface area contributed by atoms with E-state index >= 15 is 0 Å². The fourth-order valence-electron chi connectivity index (χ4n) is 1.12. The quantitative estimate of drug-likeness (QED) is 0.819. The molecule has 0 aromatic heterocycles. The maximum atomic E-state index is 12.0. The predicted octanol–water partition coefficient (Wildman–Crippen LogP) is 3.16. The van der Waals surface area contributed by atoms with Gasteiger partial charge in [0.25, 0.3) is 0 Å². The Balaban J connectivity index is 3.00. The van der Waals surface area contributed by atoms with Gasteiger partial charge in [0.05, 0.1) is 0 Å². The first-order valence-electron chi connectivity index (χ1n) is 4.46. The van der Waals surface area contributed by atoms with Crippen LogP contribution in [-0.2, 0) is 0 Å². The number of hydrogen-bond donors (Lipinski definition) is 1. The summed E-state index contributed by atoms with van der Waals surface area (Å²) in [7, 11) is 0. The van der Waals surface area contributed by atoms with Gasteiger partial charge in [-0.05, 0) is 24.6 Å². The summed E-state index contributed by atoms with van der Waals surface area (Å²) < 4.78 is 56.0. The van der Waals surface area contributed by atoms with Gasteiger partial charge in [-0.3, -0.25) is 0 Å². The van der Waals surface area contributed by atoms with Crippen LogP contribution in [0.4, 0.5) is 17.6 Å². The highest BCUT2D eigenvalue weighted by molar-refractivity contribution is 5.42. The van der Waals surface area contributed by atoms with Crippen LogP contribution in [0.3, 0.4) is 0 Å². The van der Waals surface area contributed by atoms with Gasteiger partial charge >= 0.3 is 13.2 Å². The average molecular weight is 253 g/mol. The van der Waals surface area contributed by atoms with E-state index in [4.69, 9.17) is 0 Å². The van der Waals surface area contributed by atoms with Crippen LogP contribution in [0.1, 0.15) is 12.5 Å². The molecule has 17 heavy (non-hydrogen) atoms. The van der Waals surface area contributed by atoms with Crippen molar-refractivity contribution in [2.75, 3.05) is 0 Å². The molecule has 0 unspecified atom stereocenters. The minimum Gasteiger partial charge on any atom is -0.435 e. The third-order valence-electron chi connectivity index (χ3n) is 1.75. The third-order valence-corrected chi connectivity index (χ3v) is 1.75. The Labute approximate surface area is 94.6 Å². The number of benzene rings is 1. The Kier molecular flexibility index (Phi) is 4.56. The van der Waals surface area contributed by atoms with Crippen molar-refractivity contribution < 1.29 is 32.1 Å². The summed E-state index contributed by atoms with van der Waals surface area (Å²) >= 11 is 0. The fourth-order valence-corrected chi connectivity index (χ4v) is 1.12. The van der Waals surface area contributed by atoms with Gasteiger partial charge in [0.2, 0.25) is 0 Å². The zero-order chi connectivity index (χ0) is 13.0. The van der Waals surface area contributed by atoms with Crippen molar-refractivity contribution in [3.63, 3.8) is 0 Å². The molecule has 1 aromatic rings. The van der Waals surface area contributed by atoms with Gasteiger partial charge in [-0.25, -0.2) is 0 Å². The second-order valence-corrected chi connectivity index (χ2v) is 3.04. The molecule has 1 N–H and O–H groups in total. The summed E-state index contributed by atoms with van der Waals surface area (Å²) in [6.07, 6.45) is -0.233. The summed E-state index contributed by atoms with van der Waals surface area (Å²) in [5.41, 5.74) is 0.0544.